The number of hydrogen-bond donors (Lipinski definition) is 0. The van der Waals surface area contributed by atoms with E-state index in [9.17, 15) is 4.79 Å². The first kappa shape index (κ1) is 9.30. The number of hydrogen-bond acceptors (Lipinski definition) is 1. The molecule has 0 spiro atoms. The molecule has 0 aromatic carbocycles. The summed E-state index contributed by atoms with van der Waals surface area (Å²) in [6.45, 7) is 7.88. The third-order valence-corrected chi connectivity index (χ3v) is 2.95. The predicted molar refractivity (Wildman–Crippen MR) is 49.8 cm³/mol. The third kappa shape index (κ3) is 1.38. The zero-order valence-corrected chi connectivity index (χ0v) is 8.13. The minimum atomic E-state index is 0.0350. The summed E-state index contributed by atoms with van der Waals surface area (Å²) in [6, 6.07) is 0.406. The lowest BCUT2D eigenvalue weighted by atomic mass is 9.66. The fourth-order valence-electron chi connectivity index (χ4n) is 1.87. The number of nitrogens with zero attached hydrogens (tertiary/aromatic N) is 1. The van der Waals surface area contributed by atoms with Crippen LogP contribution in [0.4, 0.5) is 0 Å². The molecule has 2 heteroatoms. The van der Waals surface area contributed by atoms with Crippen molar-refractivity contribution in [3.63, 3.8) is 0 Å². The molecule has 0 aliphatic heterocycles. The Balaban J connectivity index is 2.59. The van der Waals surface area contributed by atoms with E-state index in [1.165, 1.54) is 12.5 Å². The minimum absolute atomic E-state index is 0.0350. The quantitative estimate of drug-likeness (QED) is 0.574. The molecule has 0 aromatic rings. The summed E-state index contributed by atoms with van der Waals surface area (Å²) < 4.78 is 0. The van der Waals surface area contributed by atoms with Gasteiger partial charge < -0.3 is 4.90 Å². The first-order valence-electron chi connectivity index (χ1n) is 4.38. The lowest BCUT2D eigenvalue weighted by Crippen LogP contribution is -2.52. The normalized spacial score (nSPS) is 25.8. The Kier molecular flexibility index (Phi) is 2.27. The zero-order valence-electron chi connectivity index (χ0n) is 8.13. The van der Waals surface area contributed by atoms with Gasteiger partial charge in [0.15, 0.2) is 0 Å². The van der Waals surface area contributed by atoms with Crippen LogP contribution in [0.25, 0.3) is 0 Å². The highest BCUT2D eigenvalue weighted by atomic mass is 16.2. The number of amides is 1. The average Bonchev–Trinajstić information content (AvgIpc) is 2.01. The Morgan fingerprint density at radius 2 is 2.25 bits per heavy atom. The van der Waals surface area contributed by atoms with Crippen molar-refractivity contribution in [2.45, 2.75) is 32.7 Å². The summed E-state index contributed by atoms with van der Waals surface area (Å²) in [5.41, 5.74) is 0.299. The Labute approximate surface area is 74.2 Å². The highest BCUT2D eigenvalue weighted by Gasteiger charge is 2.41. The van der Waals surface area contributed by atoms with Crippen LogP contribution in [-0.4, -0.2) is 23.9 Å². The molecule has 0 heterocycles. The maximum absolute atomic E-state index is 11.2. The van der Waals surface area contributed by atoms with Gasteiger partial charge in [-0.2, -0.15) is 0 Å². The predicted octanol–water partition coefficient (Wildman–Crippen LogP) is 1.82. The average molecular weight is 167 g/mol. The topological polar surface area (TPSA) is 20.3 Å². The standard InChI is InChI=1S/C10H17NO/c1-5-9(12)11(4)8-6-7-10(8,2)3/h5,8H,1,6-7H2,2-4H3/t8-/m0/s1. The van der Waals surface area contributed by atoms with Crippen molar-refractivity contribution in [2.75, 3.05) is 7.05 Å². The summed E-state index contributed by atoms with van der Waals surface area (Å²) in [6.07, 6.45) is 3.73. The van der Waals surface area contributed by atoms with Gasteiger partial charge in [-0.15, -0.1) is 0 Å². The fourth-order valence-corrected chi connectivity index (χ4v) is 1.87. The van der Waals surface area contributed by atoms with E-state index in [1.54, 1.807) is 4.90 Å². The maximum atomic E-state index is 11.2. The molecule has 0 bridgehead atoms. The van der Waals surface area contributed by atoms with Crippen molar-refractivity contribution in [3.05, 3.63) is 12.7 Å². The second-order valence-electron chi connectivity index (χ2n) is 4.20. The molecule has 12 heavy (non-hydrogen) atoms. The van der Waals surface area contributed by atoms with Crippen LogP contribution in [0, 0.1) is 5.41 Å². The summed E-state index contributed by atoms with van der Waals surface area (Å²) in [7, 11) is 1.86. The van der Waals surface area contributed by atoms with E-state index in [1.807, 2.05) is 7.05 Å². The van der Waals surface area contributed by atoms with Gasteiger partial charge in [-0.1, -0.05) is 20.4 Å². The molecular formula is C10H17NO. The number of carbonyl (C=O) groups is 1. The lowest BCUT2D eigenvalue weighted by Gasteiger charge is -2.49. The first-order valence-corrected chi connectivity index (χ1v) is 4.38. The molecule has 0 saturated heterocycles. The van der Waals surface area contributed by atoms with Crippen LogP contribution >= 0.6 is 0 Å². The Morgan fingerprint density at radius 3 is 2.50 bits per heavy atom. The molecule has 1 atom stereocenters. The summed E-state index contributed by atoms with van der Waals surface area (Å²) >= 11 is 0. The molecule has 0 N–H and O–H groups in total. The van der Waals surface area contributed by atoms with Crippen LogP contribution in [0.3, 0.4) is 0 Å². The van der Waals surface area contributed by atoms with Crippen molar-refractivity contribution in [2.24, 2.45) is 5.41 Å². The van der Waals surface area contributed by atoms with Crippen LogP contribution in [0.5, 0.6) is 0 Å². The first-order chi connectivity index (χ1) is 5.49. The van der Waals surface area contributed by atoms with Crippen molar-refractivity contribution in [1.29, 1.82) is 0 Å². The van der Waals surface area contributed by atoms with E-state index in [0.717, 1.165) is 6.42 Å². The van der Waals surface area contributed by atoms with Gasteiger partial charge >= 0.3 is 0 Å². The smallest absolute Gasteiger partial charge is 0.245 e. The van der Waals surface area contributed by atoms with Gasteiger partial charge in [0.2, 0.25) is 5.91 Å². The van der Waals surface area contributed by atoms with Crippen molar-refractivity contribution in [1.82, 2.24) is 4.90 Å². The van der Waals surface area contributed by atoms with E-state index < -0.39 is 0 Å². The highest BCUT2D eigenvalue weighted by molar-refractivity contribution is 5.87. The summed E-state index contributed by atoms with van der Waals surface area (Å²) in [5, 5.41) is 0. The van der Waals surface area contributed by atoms with Crippen LogP contribution in [0.15, 0.2) is 12.7 Å². The zero-order chi connectivity index (χ0) is 9.35. The summed E-state index contributed by atoms with van der Waals surface area (Å²) in [5.74, 6) is 0.0350. The number of likely N-dealkylation sites (N-methyl/N-ethyl adjacent to an activating group) is 1. The molecule has 1 saturated carbocycles. The van der Waals surface area contributed by atoms with E-state index in [0.29, 0.717) is 11.5 Å². The molecule has 1 aliphatic rings. The minimum Gasteiger partial charge on any atom is -0.339 e. The molecule has 1 rings (SSSR count). The number of carbonyl (C=O) groups excluding carboxylic acids is 1. The van der Waals surface area contributed by atoms with Crippen LogP contribution in [-0.2, 0) is 4.79 Å². The highest BCUT2D eigenvalue weighted by Crippen LogP contribution is 2.42. The summed E-state index contributed by atoms with van der Waals surface area (Å²) in [4.78, 5) is 13.0. The largest absolute Gasteiger partial charge is 0.339 e. The van der Waals surface area contributed by atoms with Gasteiger partial charge in [0.1, 0.15) is 0 Å². The van der Waals surface area contributed by atoms with Crippen molar-refractivity contribution < 1.29 is 4.79 Å². The molecule has 68 valence electrons. The van der Waals surface area contributed by atoms with Crippen molar-refractivity contribution >= 4 is 5.91 Å². The van der Waals surface area contributed by atoms with Gasteiger partial charge in [0.25, 0.3) is 0 Å². The molecule has 0 radical (unpaired) electrons. The van der Waals surface area contributed by atoms with Gasteiger partial charge in [0, 0.05) is 13.1 Å². The Hall–Kier alpha value is -0.790. The molecule has 0 aromatic heterocycles. The van der Waals surface area contributed by atoms with E-state index in [2.05, 4.69) is 20.4 Å². The van der Waals surface area contributed by atoms with E-state index in [-0.39, 0.29) is 5.91 Å². The fraction of sp³-hybridized carbons (Fsp3) is 0.700. The third-order valence-electron chi connectivity index (χ3n) is 2.95. The molecular weight excluding hydrogens is 150 g/mol. The second kappa shape index (κ2) is 2.92. The Morgan fingerprint density at radius 1 is 1.67 bits per heavy atom. The molecule has 2 nitrogen and oxygen atoms in total. The molecule has 1 fully saturated rings. The van der Waals surface area contributed by atoms with Crippen LogP contribution < -0.4 is 0 Å². The van der Waals surface area contributed by atoms with Crippen LogP contribution in [0.1, 0.15) is 26.7 Å². The van der Waals surface area contributed by atoms with Gasteiger partial charge in [-0.3, -0.25) is 4.79 Å². The number of rotatable bonds is 2. The lowest BCUT2D eigenvalue weighted by molar-refractivity contribution is -0.132. The van der Waals surface area contributed by atoms with E-state index >= 15 is 0 Å². The van der Waals surface area contributed by atoms with Gasteiger partial charge in [0.05, 0.1) is 0 Å². The molecule has 1 amide bonds. The maximum Gasteiger partial charge on any atom is 0.245 e. The SMILES string of the molecule is C=CC(=O)N(C)[C@H]1CCC1(C)C. The second-order valence-corrected chi connectivity index (χ2v) is 4.20. The van der Waals surface area contributed by atoms with E-state index in [4.69, 9.17) is 0 Å². The van der Waals surface area contributed by atoms with Crippen molar-refractivity contribution in [3.8, 4) is 0 Å². The van der Waals surface area contributed by atoms with Gasteiger partial charge in [-0.05, 0) is 24.3 Å². The monoisotopic (exact) mass is 167 g/mol. The molecule has 0 unspecified atom stereocenters. The van der Waals surface area contributed by atoms with Gasteiger partial charge in [-0.25, -0.2) is 0 Å². The van der Waals surface area contributed by atoms with Crippen LogP contribution in [0.2, 0.25) is 0 Å². The molecule has 1 aliphatic carbocycles. The Bertz CT molecular complexity index is 208.